The zero-order chi connectivity index (χ0) is 19.8. The molecule has 0 unspecified atom stereocenters. The van der Waals surface area contributed by atoms with Crippen molar-refractivity contribution in [1.82, 2.24) is 20.1 Å². The van der Waals surface area contributed by atoms with Crippen LogP contribution in [0.15, 0.2) is 29.2 Å². The zero-order valence-corrected chi connectivity index (χ0v) is 16.0. The van der Waals surface area contributed by atoms with Crippen LogP contribution in [0.5, 0.6) is 0 Å². The van der Waals surface area contributed by atoms with Crippen molar-refractivity contribution in [2.24, 2.45) is 0 Å². The Morgan fingerprint density at radius 1 is 1.11 bits per heavy atom. The van der Waals surface area contributed by atoms with E-state index >= 15 is 0 Å². The van der Waals surface area contributed by atoms with Gasteiger partial charge in [0.1, 0.15) is 5.54 Å². The monoisotopic (exact) mass is 394 g/mol. The van der Waals surface area contributed by atoms with E-state index in [4.69, 9.17) is 0 Å². The number of hydrogen-bond donors (Lipinski definition) is 2. The number of amides is 4. The predicted octanol–water partition coefficient (Wildman–Crippen LogP) is 0.836. The van der Waals surface area contributed by atoms with Crippen LogP contribution in [0.2, 0.25) is 0 Å². The lowest BCUT2D eigenvalue weighted by Crippen LogP contribution is -2.50. The highest BCUT2D eigenvalue weighted by molar-refractivity contribution is 7.89. The second-order valence-corrected chi connectivity index (χ2v) is 9.12. The number of carbonyl (C=O) groups excluding carboxylic acids is 3. The van der Waals surface area contributed by atoms with Crippen LogP contribution in [0, 0.1) is 0 Å². The summed E-state index contributed by atoms with van der Waals surface area (Å²) in [6, 6.07) is 4.63. The van der Waals surface area contributed by atoms with Gasteiger partial charge in [-0.25, -0.2) is 17.5 Å². The molecule has 1 aliphatic carbocycles. The molecule has 1 aliphatic heterocycles. The summed E-state index contributed by atoms with van der Waals surface area (Å²) in [5.74, 6) is -1.12. The van der Waals surface area contributed by atoms with Crippen molar-refractivity contribution in [3.05, 3.63) is 29.8 Å². The van der Waals surface area contributed by atoms with E-state index in [2.05, 4.69) is 10.7 Å². The summed E-state index contributed by atoms with van der Waals surface area (Å²) in [7, 11) is -0.782. The fourth-order valence-electron chi connectivity index (χ4n) is 3.37. The van der Waals surface area contributed by atoms with Crippen LogP contribution in [0.25, 0.3) is 0 Å². The zero-order valence-electron chi connectivity index (χ0n) is 15.2. The van der Waals surface area contributed by atoms with Crippen molar-refractivity contribution >= 4 is 27.9 Å². The number of imide groups is 1. The Morgan fingerprint density at radius 3 is 2.26 bits per heavy atom. The van der Waals surface area contributed by atoms with E-state index in [0.717, 1.165) is 28.6 Å². The normalized spacial score (nSPS) is 19.4. The Hall–Kier alpha value is -2.46. The van der Waals surface area contributed by atoms with Gasteiger partial charge in [0.15, 0.2) is 0 Å². The standard InChI is InChI=1S/C17H22N4O5S/c1-20(2)27(25,26)13-8-6-12(7-9-13)14(22)19-21-15(23)17(18-16(21)24)10-4-3-5-11-17/h6-9H,3-5,10-11H2,1-2H3,(H,18,24)(H,19,22). The molecule has 0 bridgehead atoms. The fraction of sp³-hybridized carbons (Fsp3) is 0.471. The van der Waals surface area contributed by atoms with Crippen LogP contribution in [0.3, 0.4) is 0 Å². The molecule has 27 heavy (non-hydrogen) atoms. The largest absolute Gasteiger partial charge is 0.344 e. The maximum absolute atomic E-state index is 12.7. The number of sulfonamides is 1. The molecule has 2 N–H and O–H groups in total. The van der Waals surface area contributed by atoms with Crippen molar-refractivity contribution in [1.29, 1.82) is 0 Å². The highest BCUT2D eigenvalue weighted by Gasteiger charge is 2.52. The van der Waals surface area contributed by atoms with Crippen molar-refractivity contribution in [3.8, 4) is 0 Å². The molecular weight excluding hydrogens is 372 g/mol. The van der Waals surface area contributed by atoms with Gasteiger partial charge in [0, 0.05) is 19.7 Å². The van der Waals surface area contributed by atoms with E-state index in [1.54, 1.807) is 0 Å². The van der Waals surface area contributed by atoms with Gasteiger partial charge in [-0.05, 0) is 37.1 Å². The Bertz CT molecular complexity index is 873. The number of hydrogen-bond acceptors (Lipinski definition) is 5. The summed E-state index contributed by atoms with van der Waals surface area (Å²) in [4.78, 5) is 37.3. The van der Waals surface area contributed by atoms with Crippen molar-refractivity contribution in [3.63, 3.8) is 0 Å². The number of nitrogens with one attached hydrogen (secondary N) is 2. The van der Waals surface area contributed by atoms with E-state index in [0.29, 0.717) is 12.8 Å². The van der Waals surface area contributed by atoms with Gasteiger partial charge in [-0.1, -0.05) is 19.3 Å². The Kier molecular flexibility index (Phi) is 4.96. The minimum absolute atomic E-state index is 0.0419. The minimum atomic E-state index is -3.61. The molecule has 1 spiro atoms. The predicted molar refractivity (Wildman–Crippen MR) is 96.0 cm³/mol. The first-order chi connectivity index (χ1) is 12.7. The van der Waals surface area contributed by atoms with Gasteiger partial charge >= 0.3 is 6.03 Å². The second-order valence-electron chi connectivity index (χ2n) is 6.97. The SMILES string of the molecule is CN(C)S(=O)(=O)c1ccc(C(=O)NN2C(=O)NC3(CCCCC3)C2=O)cc1. The molecular formula is C17H22N4O5S. The molecule has 10 heteroatoms. The van der Waals surface area contributed by atoms with E-state index in [1.807, 2.05) is 0 Å². The molecule has 2 fully saturated rings. The van der Waals surface area contributed by atoms with Gasteiger partial charge in [-0.2, -0.15) is 5.01 Å². The van der Waals surface area contributed by atoms with Gasteiger partial charge in [-0.15, -0.1) is 0 Å². The maximum atomic E-state index is 12.7. The number of carbonyl (C=O) groups is 3. The van der Waals surface area contributed by atoms with Gasteiger partial charge in [0.25, 0.3) is 11.8 Å². The minimum Gasteiger partial charge on any atom is -0.322 e. The molecule has 1 aromatic carbocycles. The first-order valence-electron chi connectivity index (χ1n) is 8.68. The highest BCUT2D eigenvalue weighted by Crippen LogP contribution is 2.33. The number of benzene rings is 1. The van der Waals surface area contributed by atoms with Crippen LogP contribution >= 0.6 is 0 Å². The van der Waals surface area contributed by atoms with E-state index < -0.39 is 33.4 Å². The summed E-state index contributed by atoms with van der Waals surface area (Å²) in [6.07, 6.45) is 3.81. The van der Waals surface area contributed by atoms with Crippen LogP contribution in [0.4, 0.5) is 4.79 Å². The maximum Gasteiger partial charge on any atom is 0.344 e. The average molecular weight is 394 g/mol. The van der Waals surface area contributed by atoms with Gasteiger partial charge in [-0.3, -0.25) is 15.0 Å². The molecule has 0 atom stereocenters. The fourth-order valence-corrected chi connectivity index (χ4v) is 4.27. The van der Waals surface area contributed by atoms with Gasteiger partial charge < -0.3 is 5.32 Å². The first-order valence-corrected chi connectivity index (χ1v) is 10.1. The summed E-state index contributed by atoms with van der Waals surface area (Å²) in [5, 5.41) is 3.43. The summed E-state index contributed by atoms with van der Waals surface area (Å²) in [6.45, 7) is 0. The van der Waals surface area contributed by atoms with Crippen LogP contribution in [0.1, 0.15) is 42.5 Å². The third-order valence-electron chi connectivity index (χ3n) is 4.98. The van der Waals surface area contributed by atoms with E-state index in [1.165, 1.54) is 38.4 Å². The molecule has 9 nitrogen and oxygen atoms in total. The molecule has 1 saturated carbocycles. The smallest absolute Gasteiger partial charge is 0.322 e. The average Bonchev–Trinajstić information content (AvgIpc) is 2.86. The molecule has 2 aliphatic rings. The molecule has 0 radical (unpaired) electrons. The van der Waals surface area contributed by atoms with Crippen molar-refractivity contribution in [2.45, 2.75) is 42.5 Å². The van der Waals surface area contributed by atoms with Gasteiger partial charge in [0.05, 0.1) is 4.90 Å². The lowest BCUT2D eigenvalue weighted by molar-refractivity contribution is -0.134. The topological polar surface area (TPSA) is 116 Å². The lowest BCUT2D eigenvalue weighted by atomic mass is 9.82. The quantitative estimate of drug-likeness (QED) is 0.734. The van der Waals surface area contributed by atoms with Crippen LogP contribution in [-0.4, -0.2) is 55.2 Å². The molecule has 1 saturated heterocycles. The first kappa shape index (κ1) is 19.3. The van der Waals surface area contributed by atoms with Crippen LogP contribution in [-0.2, 0) is 14.8 Å². The number of rotatable bonds is 4. The molecule has 146 valence electrons. The Labute approximate surface area is 157 Å². The second kappa shape index (κ2) is 6.93. The number of nitrogens with zero attached hydrogens (tertiary/aromatic N) is 2. The van der Waals surface area contributed by atoms with E-state index in [9.17, 15) is 22.8 Å². The number of urea groups is 1. The van der Waals surface area contributed by atoms with Crippen molar-refractivity contribution < 1.29 is 22.8 Å². The molecule has 3 rings (SSSR count). The Morgan fingerprint density at radius 2 is 1.70 bits per heavy atom. The lowest BCUT2D eigenvalue weighted by Gasteiger charge is -2.30. The third kappa shape index (κ3) is 3.42. The summed E-state index contributed by atoms with van der Waals surface area (Å²) < 4.78 is 25.2. The van der Waals surface area contributed by atoms with Crippen molar-refractivity contribution in [2.75, 3.05) is 14.1 Å². The highest BCUT2D eigenvalue weighted by atomic mass is 32.2. The van der Waals surface area contributed by atoms with Crippen LogP contribution < -0.4 is 10.7 Å². The van der Waals surface area contributed by atoms with Gasteiger partial charge in [0.2, 0.25) is 10.0 Å². The third-order valence-corrected chi connectivity index (χ3v) is 6.81. The molecule has 4 amide bonds. The summed E-state index contributed by atoms with van der Waals surface area (Å²) >= 11 is 0. The Balaban J connectivity index is 1.74. The molecule has 0 aromatic heterocycles. The molecule has 1 heterocycles. The summed E-state index contributed by atoms with van der Waals surface area (Å²) in [5.41, 5.74) is 1.53. The molecule has 1 aromatic rings. The number of hydrazine groups is 1. The van der Waals surface area contributed by atoms with E-state index in [-0.39, 0.29) is 10.5 Å².